The largest absolute Gasteiger partial charge is 0.459 e. The Bertz CT molecular complexity index is 627. The summed E-state index contributed by atoms with van der Waals surface area (Å²) in [6.07, 6.45) is 4.98. The minimum Gasteiger partial charge on any atom is -0.459 e. The number of likely N-dealkylation sites (tertiary alicyclic amines) is 1. The highest BCUT2D eigenvalue weighted by atomic mass is 16.3. The number of rotatable bonds is 3. The van der Waals surface area contributed by atoms with Crippen LogP contribution in [0, 0.1) is 0 Å². The number of fused-ring (bicyclic) bond motifs is 1. The second-order valence-electron chi connectivity index (χ2n) is 5.56. The van der Waals surface area contributed by atoms with Crippen LogP contribution in [-0.2, 0) is 6.54 Å². The fourth-order valence-electron chi connectivity index (χ4n) is 3.03. The highest BCUT2D eigenvalue weighted by Crippen LogP contribution is 2.27. The number of nitrogens with one attached hydrogen (secondary N) is 1. The molecule has 0 atom stereocenters. The molecule has 1 saturated heterocycles. The van der Waals surface area contributed by atoms with Crippen molar-refractivity contribution in [3.05, 3.63) is 35.6 Å². The molecule has 21 heavy (non-hydrogen) atoms. The topological polar surface area (TPSA) is 71.5 Å². The van der Waals surface area contributed by atoms with E-state index in [1.165, 1.54) is 25.7 Å². The molecule has 2 aromatic rings. The molecule has 0 bridgehead atoms. The molecule has 0 spiro atoms. The van der Waals surface area contributed by atoms with Gasteiger partial charge in [-0.05, 0) is 32.0 Å². The lowest BCUT2D eigenvalue weighted by Crippen LogP contribution is -2.31. The van der Waals surface area contributed by atoms with E-state index in [0.717, 1.165) is 24.1 Å². The zero-order chi connectivity index (χ0) is 14.7. The average Bonchev–Trinajstić information content (AvgIpc) is 2.67. The van der Waals surface area contributed by atoms with E-state index in [-0.39, 0.29) is 5.91 Å². The van der Waals surface area contributed by atoms with Crippen molar-refractivity contribution in [2.75, 3.05) is 13.1 Å². The number of carbonyl (C=O) groups is 1. The van der Waals surface area contributed by atoms with Crippen LogP contribution in [0.4, 0.5) is 0 Å². The Labute approximate surface area is 124 Å². The van der Waals surface area contributed by atoms with E-state index in [1.807, 2.05) is 24.3 Å². The summed E-state index contributed by atoms with van der Waals surface area (Å²) < 4.78 is 5.91. The highest BCUT2D eigenvalue weighted by molar-refractivity contribution is 6.07. The molecule has 1 aromatic carbocycles. The minimum atomic E-state index is -0.287. The maximum absolute atomic E-state index is 12.1. The van der Waals surface area contributed by atoms with Gasteiger partial charge in [0, 0.05) is 5.39 Å². The van der Waals surface area contributed by atoms with Crippen molar-refractivity contribution in [2.24, 2.45) is 5.84 Å². The first-order valence-electron chi connectivity index (χ1n) is 7.53. The summed E-state index contributed by atoms with van der Waals surface area (Å²) in [5, 5.41) is 0.824. The average molecular weight is 287 g/mol. The molecule has 5 heteroatoms. The van der Waals surface area contributed by atoms with Crippen molar-refractivity contribution >= 4 is 16.9 Å². The van der Waals surface area contributed by atoms with Crippen LogP contribution in [-0.4, -0.2) is 23.9 Å². The van der Waals surface area contributed by atoms with Crippen molar-refractivity contribution in [3.63, 3.8) is 0 Å². The van der Waals surface area contributed by atoms with Crippen LogP contribution in [0.2, 0.25) is 0 Å². The molecule has 0 unspecified atom stereocenters. The molecule has 1 aliphatic heterocycles. The van der Waals surface area contributed by atoms with Crippen LogP contribution in [0.1, 0.15) is 41.8 Å². The van der Waals surface area contributed by atoms with E-state index in [1.54, 1.807) is 0 Å². The number of hydrazine groups is 1. The van der Waals surface area contributed by atoms with Crippen LogP contribution < -0.4 is 11.3 Å². The summed E-state index contributed by atoms with van der Waals surface area (Å²) >= 11 is 0. The lowest BCUT2D eigenvalue weighted by atomic mass is 10.1. The van der Waals surface area contributed by atoms with Gasteiger partial charge >= 0.3 is 0 Å². The highest BCUT2D eigenvalue weighted by Gasteiger charge is 2.22. The number of nitrogen functional groups attached to an aromatic ring is 1. The number of furan rings is 1. The predicted molar refractivity (Wildman–Crippen MR) is 81.6 cm³/mol. The van der Waals surface area contributed by atoms with Crippen molar-refractivity contribution in [1.82, 2.24) is 10.3 Å². The van der Waals surface area contributed by atoms with Crippen molar-refractivity contribution in [2.45, 2.75) is 32.2 Å². The Kier molecular flexibility index (Phi) is 4.22. The number of para-hydroxylation sites is 1. The summed E-state index contributed by atoms with van der Waals surface area (Å²) in [5.74, 6) is 5.75. The molecule has 2 heterocycles. The summed E-state index contributed by atoms with van der Waals surface area (Å²) in [7, 11) is 0. The number of hydrogen-bond acceptors (Lipinski definition) is 4. The Hall–Kier alpha value is -1.85. The smallest absolute Gasteiger partial charge is 0.269 e. The van der Waals surface area contributed by atoms with Gasteiger partial charge < -0.3 is 4.42 Å². The molecule has 1 amide bonds. The van der Waals surface area contributed by atoms with Gasteiger partial charge in [-0.15, -0.1) is 0 Å². The van der Waals surface area contributed by atoms with Gasteiger partial charge in [0.25, 0.3) is 5.91 Å². The van der Waals surface area contributed by atoms with Gasteiger partial charge in [0.2, 0.25) is 0 Å². The monoisotopic (exact) mass is 287 g/mol. The number of carbonyl (C=O) groups excluding carboxylic acids is 1. The van der Waals surface area contributed by atoms with E-state index < -0.39 is 0 Å². The molecule has 1 fully saturated rings. The number of nitrogens with zero attached hydrogens (tertiary/aromatic N) is 1. The first-order valence-corrected chi connectivity index (χ1v) is 7.53. The summed E-state index contributed by atoms with van der Waals surface area (Å²) in [4.78, 5) is 14.5. The molecule has 0 radical (unpaired) electrons. The number of hydrogen-bond donors (Lipinski definition) is 2. The molecular formula is C16H21N3O2. The van der Waals surface area contributed by atoms with Gasteiger partial charge in [0.15, 0.2) is 0 Å². The first-order chi connectivity index (χ1) is 10.3. The van der Waals surface area contributed by atoms with Gasteiger partial charge in [-0.3, -0.25) is 15.1 Å². The van der Waals surface area contributed by atoms with E-state index in [0.29, 0.717) is 17.9 Å². The van der Waals surface area contributed by atoms with Gasteiger partial charge in [0.05, 0.1) is 12.1 Å². The van der Waals surface area contributed by atoms with Gasteiger partial charge in [-0.25, -0.2) is 5.84 Å². The number of amides is 1. The SMILES string of the molecule is NNC(=O)c1c(CN2CCCCCC2)oc2ccccc12. The fraction of sp³-hybridized carbons (Fsp3) is 0.438. The Balaban J connectivity index is 1.94. The normalized spacial score (nSPS) is 16.8. The van der Waals surface area contributed by atoms with Crippen LogP contribution in [0.3, 0.4) is 0 Å². The summed E-state index contributed by atoms with van der Waals surface area (Å²) in [6.45, 7) is 2.78. The number of nitrogens with two attached hydrogens (primary N) is 1. The third kappa shape index (κ3) is 2.94. The maximum Gasteiger partial charge on any atom is 0.269 e. The third-order valence-electron chi connectivity index (χ3n) is 4.09. The summed E-state index contributed by atoms with van der Waals surface area (Å²) in [6, 6.07) is 7.59. The molecule has 0 saturated carbocycles. The van der Waals surface area contributed by atoms with Gasteiger partial charge in [-0.2, -0.15) is 0 Å². The Morgan fingerprint density at radius 3 is 2.62 bits per heavy atom. The van der Waals surface area contributed by atoms with Crippen molar-refractivity contribution in [1.29, 1.82) is 0 Å². The van der Waals surface area contributed by atoms with Crippen LogP contribution in [0.25, 0.3) is 11.0 Å². The lowest BCUT2D eigenvalue weighted by molar-refractivity contribution is 0.0951. The third-order valence-corrected chi connectivity index (χ3v) is 4.09. The molecular weight excluding hydrogens is 266 g/mol. The van der Waals surface area contributed by atoms with E-state index in [9.17, 15) is 4.79 Å². The molecule has 112 valence electrons. The zero-order valence-electron chi connectivity index (χ0n) is 12.1. The van der Waals surface area contributed by atoms with Gasteiger partial charge in [0.1, 0.15) is 11.3 Å². The van der Waals surface area contributed by atoms with Crippen molar-refractivity contribution < 1.29 is 9.21 Å². The molecule has 5 nitrogen and oxygen atoms in total. The number of benzene rings is 1. The molecule has 0 aliphatic carbocycles. The van der Waals surface area contributed by atoms with Crippen LogP contribution in [0.15, 0.2) is 28.7 Å². The molecule has 3 N–H and O–H groups in total. The summed E-state index contributed by atoms with van der Waals surface area (Å²) in [5.41, 5.74) is 3.54. The van der Waals surface area contributed by atoms with E-state index >= 15 is 0 Å². The fourth-order valence-corrected chi connectivity index (χ4v) is 3.03. The first kappa shape index (κ1) is 14.1. The molecule has 1 aliphatic rings. The second-order valence-corrected chi connectivity index (χ2v) is 5.56. The minimum absolute atomic E-state index is 0.287. The van der Waals surface area contributed by atoms with Gasteiger partial charge in [-0.1, -0.05) is 31.0 Å². The van der Waals surface area contributed by atoms with E-state index in [4.69, 9.17) is 10.3 Å². The van der Waals surface area contributed by atoms with Crippen LogP contribution in [0.5, 0.6) is 0 Å². The Morgan fingerprint density at radius 2 is 1.90 bits per heavy atom. The maximum atomic E-state index is 12.1. The van der Waals surface area contributed by atoms with Crippen molar-refractivity contribution in [3.8, 4) is 0 Å². The predicted octanol–water partition coefficient (Wildman–Crippen LogP) is 2.41. The van der Waals surface area contributed by atoms with Crippen LogP contribution >= 0.6 is 0 Å². The molecule has 3 rings (SSSR count). The molecule has 1 aromatic heterocycles. The lowest BCUT2D eigenvalue weighted by Gasteiger charge is -2.18. The second kappa shape index (κ2) is 6.28. The van der Waals surface area contributed by atoms with E-state index in [2.05, 4.69) is 10.3 Å². The quantitative estimate of drug-likeness (QED) is 0.516. The standard InChI is InChI=1S/C16H21N3O2/c17-18-16(20)15-12-7-3-4-8-13(12)21-14(15)11-19-9-5-1-2-6-10-19/h3-4,7-8H,1-2,5-6,9-11,17H2,(H,18,20). The Morgan fingerprint density at radius 1 is 1.19 bits per heavy atom. The zero-order valence-corrected chi connectivity index (χ0v) is 12.1.